The van der Waals surface area contributed by atoms with Crippen LogP contribution in [-0.4, -0.2) is 26.7 Å². The lowest BCUT2D eigenvalue weighted by Crippen LogP contribution is -2.39. The van der Waals surface area contributed by atoms with Crippen molar-refractivity contribution in [3.8, 4) is 11.4 Å². The number of hydrogen-bond donors (Lipinski definition) is 1. The van der Waals surface area contributed by atoms with Crippen LogP contribution in [0.25, 0.3) is 16.6 Å². The van der Waals surface area contributed by atoms with Crippen molar-refractivity contribution in [3.63, 3.8) is 0 Å². The Bertz CT molecular complexity index is 1580. The summed E-state index contributed by atoms with van der Waals surface area (Å²) in [5, 5.41) is 8.56. The number of nitrogens with zero attached hydrogens (tertiary/aromatic N) is 3. The van der Waals surface area contributed by atoms with Crippen LogP contribution in [0.5, 0.6) is 5.75 Å². The van der Waals surface area contributed by atoms with Gasteiger partial charge in [0.05, 0.1) is 23.4 Å². The first kappa shape index (κ1) is 24.6. The van der Waals surface area contributed by atoms with Gasteiger partial charge in [-0.25, -0.2) is 18.4 Å². The highest BCUT2D eigenvalue weighted by Crippen LogP contribution is 2.31. The van der Waals surface area contributed by atoms with E-state index in [1.807, 2.05) is 32.9 Å². The molecule has 2 unspecified atom stereocenters. The molecule has 5 rings (SSSR count). The van der Waals surface area contributed by atoms with Gasteiger partial charge in [0.1, 0.15) is 23.5 Å². The van der Waals surface area contributed by atoms with Crippen molar-refractivity contribution in [3.05, 3.63) is 106 Å². The molecule has 9 heteroatoms. The molecule has 0 radical (unpaired) electrons. The summed E-state index contributed by atoms with van der Waals surface area (Å²) in [7, 11) is 0. The molecule has 5 aromatic rings. The van der Waals surface area contributed by atoms with Crippen molar-refractivity contribution < 1.29 is 18.3 Å². The Labute approximate surface area is 216 Å². The Kier molecular flexibility index (Phi) is 6.71. The molecule has 6 nitrogen and oxygen atoms in total. The molecule has 0 aliphatic heterocycles. The van der Waals surface area contributed by atoms with E-state index in [-0.39, 0.29) is 17.5 Å². The van der Waals surface area contributed by atoms with E-state index >= 15 is 0 Å². The van der Waals surface area contributed by atoms with Crippen molar-refractivity contribution in [2.75, 3.05) is 0 Å². The lowest BCUT2D eigenvalue weighted by molar-refractivity contribution is 0.0881. The van der Waals surface area contributed by atoms with Crippen LogP contribution in [0.15, 0.2) is 73.1 Å². The highest BCUT2D eigenvalue weighted by molar-refractivity contribution is 7.13. The number of benzene rings is 3. The zero-order valence-electron chi connectivity index (χ0n) is 20.4. The summed E-state index contributed by atoms with van der Waals surface area (Å²) in [6, 6.07) is 15.6. The third-order valence-corrected chi connectivity index (χ3v) is 6.96. The minimum atomic E-state index is -0.676. The van der Waals surface area contributed by atoms with E-state index in [9.17, 15) is 13.6 Å². The monoisotopic (exact) mass is 518 g/mol. The maximum absolute atomic E-state index is 14.3. The standard InChI is InChI=1S/C28H24F2N4O2S/c1-16-4-5-21(30)13-24(16)26(18(3)33-27(35)28-31-14-17(2)37-28)36-23-10-11-25-19(12-23)15-32-34(25)22-8-6-20(29)7-9-22/h4-15,18,26H,1-3H3,(H,33,35). The maximum atomic E-state index is 14.3. The van der Waals surface area contributed by atoms with Gasteiger partial charge in [-0.3, -0.25) is 4.79 Å². The Morgan fingerprint density at radius 1 is 1.00 bits per heavy atom. The van der Waals surface area contributed by atoms with Gasteiger partial charge in [-0.05, 0) is 80.9 Å². The number of nitrogens with one attached hydrogen (secondary N) is 1. The van der Waals surface area contributed by atoms with Gasteiger partial charge >= 0.3 is 0 Å². The summed E-state index contributed by atoms with van der Waals surface area (Å²) in [5.41, 5.74) is 3.01. The van der Waals surface area contributed by atoms with Crippen LogP contribution in [0.2, 0.25) is 0 Å². The number of aromatic nitrogens is 3. The topological polar surface area (TPSA) is 69.0 Å². The van der Waals surface area contributed by atoms with Crippen LogP contribution in [0.1, 0.15) is 38.8 Å². The third kappa shape index (κ3) is 5.22. The highest BCUT2D eigenvalue weighted by atomic mass is 32.1. The van der Waals surface area contributed by atoms with Gasteiger partial charge in [-0.15, -0.1) is 11.3 Å². The fourth-order valence-electron chi connectivity index (χ4n) is 4.18. The van der Waals surface area contributed by atoms with Crippen molar-refractivity contribution in [2.24, 2.45) is 0 Å². The first-order valence-corrected chi connectivity index (χ1v) is 12.5. The first-order valence-electron chi connectivity index (χ1n) is 11.7. The normalized spacial score (nSPS) is 12.9. The van der Waals surface area contributed by atoms with E-state index in [0.717, 1.165) is 27.0 Å². The largest absolute Gasteiger partial charge is 0.484 e. The van der Waals surface area contributed by atoms with Gasteiger partial charge in [-0.2, -0.15) is 5.10 Å². The maximum Gasteiger partial charge on any atom is 0.280 e. The molecule has 2 heterocycles. The molecular formula is C28H24F2N4O2S. The minimum Gasteiger partial charge on any atom is -0.484 e. The molecular weight excluding hydrogens is 494 g/mol. The number of hydrogen-bond acceptors (Lipinski definition) is 5. The predicted octanol–water partition coefficient (Wildman–Crippen LogP) is 6.32. The van der Waals surface area contributed by atoms with E-state index in [2.05, 4.69) is 15.4 Å². The Morgan fingerprint density at radius 3 is 2.49 bits per heavy atom. The van der Waals surface area contributed by atoms with Crippen molar-refractivity contribution in [1.29, 1.82) is 0 Å². The number of thiazole rings is 1. The summed E-state index contributed by atoms with van der Waals surface area (Å²) in [4.78, 5) is 17.9. The molecule has 0 spiro atoms. The predicted molar refractivity (Wildman–Crippen MR) is 139 cm³/mol. The van der Waals surface area contributed by atoms with E-state index in [4.69, 9.17) is 4.74 Å². The number of halogens is 2. The van der Waals surface area contributed by atoms with Crippen LogP contribution in [0, 0.1) is 25.5 Å². The van der Waals surface area contributed by atoms with Crippen LogP contribution >= 0.6 is 11.3 Å². The average Bonchev–Trinajstić information content (AvgIpc) is 3.50. The highest BCUT2D eigenvalue weighted by Gasteiger charge is 2.26. The molecule has 0 fully saturated rings. The second kappa shape index (κ2) is 10.1. The van der Waals surface area contributed by atoms with Crippen LogP contribution in [0.4, 0.5) is 8.78 Å². The van der Waals surface area contributed by atoms with E-state index in [0.29, 0.717) is 16.3 Å². The number of ether oxygens (including phenoxy) is 1. The Balaban J connectivity index is 1.46. The van der Waals surface area contributed by atoms with Crippen molar-refractivity contribution >= 4 is 28.1 Å². The quantitative estimate of drug-likeness (QED) is 0.274. The molecule has 37 heavy (non-hydrogen) atoms. The second-order valence-electron chi connectivity index (χ2n) is 8.83. The number of rotatable bonds is 7. The van der Waals surface area contributed by atoms with E-state index in [1.165, 1.54) is 35.6 Å². The lowest BCUT2D eigenvalue weighted by atomic mass is 9.98. The van der Waals surface area contributed by atoms with Gasteiger partial charge < -0.3 is 10.1 Å². The van der Waals surface area contributed by atoms with Crippen molar-refractivity contribution in [1.82, 2.24) is 20.1 Å². The molecule has 0 aliphatic carbocycles. The minimum absolute atomic E-state index is 0.315. The number of amides is 1. The molecule has 2 aromatic heterocycles. The van der Waals surface area contributed by atoms with Gasteiger partial charge in [-0.1, -0.05) is 6.07 Å². The van der Waals surface area contributed by atoms with Crippen LogP contribution < -0.4 is 10.1 Å². The number of aryl methyl sites for hydroxylation is 2. The molecule has 188 valence electrons. The molecule has 3 aromatic carbocycles. The van der Waals surface area contributed by atoms with Gasteiger partial charge in [0.15, 0.2) is 5.01 Å². The SMILES string of the molecule is Cc1cnc(C(=O)NC(C)C(Oc2ccc3c(cnn3-c3ccc(F)cc3)c2)c2cc(F)ccc2C)s1. The summed E-state index contributed by atoms with van der Waals surface area (Å²) in [5.74, 6) is -0.490. The first-order chi connectivity index (χ1) is 17.8. The molecule has 0 saturated carbocycles. The third-order valence-electron chi connectivity index (χ3n) is 6.05. The zero-order chi connectivity index (χ0) is 26.1. The molecule has 0 saturated heterocycles. The average molecular weight is 519 g/mol. The Morgan fingerprint density at radius 2 is 1.76 bits per heavy atom. The number of carbonyl (C=O) groups excluding carboxylic acids is 1. The fraction of sp³-hybridized carbons (Fsp3) is 0.179. The lowest BCUT2D eigenvalue weighted by Gasteiger charge is -2.27. The van der Waals surface area contributed by atoms with Crippen LogP contribution in [-0.2, 0) is 0 Å². The van der Waals surface area contributed by atoms with Gasteiger partial charge in [0, 0.05) is 22.0 Å². The number of fused-ring (bicyclic) bond motifs is 1. The number of carbonyl (C=O) groups is 1. The van der Waals surface area contributed by atoms with E-state index < -0.39 is 12.1 Å². The van der Waals surface area contributed by atoms with Gasteiger partial charge in [0.25, 0.3) is 5.91 Å². The zero-order valence-corrected chi connectivity index (χ0v) is 21.2. The Hall–Kier alpha value is -4.11. The van der Waals surface area contributed by atoms with E-state index in [1.54, 1.807) is 41.3 Å². The molecule has 0 bridgehead atoms. The van der Waals surface area contributed by atoms with Crippen molar-refractivity contribution in [2.45, 2.75) is 32.9 Å². The summed E-state index contributed by atoms with van der Waals surface area (Å²) in [6.07, 6.45) is 2.67. The smallest absolute Gasteiger partial charge is 0.280 e. The summed E-state index contributed by atoms with van der Waals surface area (Å²) in [6.45, 7) is 5.58. The molecule has 1 N–H and O–H groups in total. The second-order valence-corrected chi connectivity index (χ2v) is 10.1. The fourth-order valence-corrected chi connectivity index (χ4v) is 4.84. The summed E-state index contributed by atoms with van der Waals surface area (Å²) < 4.78 is 35.7. The molecule has 1 amide bonds. The van der Waals surface area contributed by atoms with Gasteiger partial charge in [0.2, 0.25) is 0 Å². The molecule has 2 atom stereocenters. The van der Waals surface area contributed by atoms with Crippen LogP contribution in [0.3, 0.4) is 0 Å². The molecule has 0 aliphatic rings. The summed E-state index contributed by atoms with van der Waals surface area (Å²) >= 11 is 1.30.